The molecule has 0 saturated heterocycles. The summed E-state index contributed by atoms with van der Waals surface area (Å²) in [4.78, 5) is 4.79. The van der Waals surface area contributed by atoms with Crippen molar-refractivity contribution in [3.8, 4) is 0 Å². The lowest BCUT2D eigenvalue weighted by Crippen LogP contribution is -2.34. The van der Waals surface area contributed by atoms with E-state index in [1.807, 2.05) is 0 Å². The molecule has 17 heavy (non-hydrogen) atoms. The first-order chi connectivity index (χ1) is 8.24. The van der Waals surface area contributed by atoms with Crippen molar-refractivity contribution >= 4 is 0 Å². The molecule has 2 atom stereocenters. The molecule has 1 fully saturated rings. The summed E-state index contributed by atoms with van der Waals surface area (Å²) in [5, 5.41) is 4.70. The van der Waals surface area contributed by atoms with Gasteiger partial charge in [-0.25, -0.2) is 9.67 Å². The highest BCUT2D eigenvalue weighted by Gasteiger charge is 2.28. The molecule has 4 heteroatoms. The van der Waals surface area contributed by atoms with Gasteiger partial charge in [0, 0.05) is 17.9 Å². The average molecular weight is 234 g/mol. The molecule has 0 spiro atoms. The Balaban J connectivity index is 1.85. The predicted molar refractivity (Wildman–Crippen MR) is 66.9 cm³/mol. The van der Waals surface area contributed by atoms with Crippen molar-refractivity contribution in [3.63, 3.8) is 0 Å². The molecule has 4 nitrogen and oxygen atoms in total. The van der Waals surface area contributed by atoms with Crippen LogP contribution in [0.3, 0.4) is 0 Å². The monoisotopic (exact) mass is 234 g/mol. The van der Waals surface area contributed by atoms with E-state index in [-0.39, 0.29) is 6.04 Å². The lowest BCUT2D eigenvalue weighted by molar-refractivity contribution is 0.378. The number of nitrogens with two attached hydrogens (primary N) is 1. The van der Waals surface area contributed by atoms with E-state index in [0.717, 1.165) is 24.6 Å². The van der Waals surface area contributed by atoms with E-state index < -0.39 is 0 Å². The van der Waals surface area contributed by atoms with Gasteiger partial charge in [-0.15, -0.1) is 0 Å². The molecule has 0 radical (unpaired) electrons. The third-order valence-corrected chi connectivity index (χ3v) is 4.19. The van der Waals surface area contributed by atoms with Crippen LogP contribution in [0.4, 0.5) is 0 Å². The van der Waals surface area contributed by atoms with Crippen LogP contribution in [0.5, 0.6) is 0 Å². The van der Waals surface area contributed by atoms with Gasteiger partial charge >= 0.3 is 0 Å². The molecule has 0 amide bonds. The first kappa shape index (κ1) is 11.2. The van der Waals surface area contributed by atoms with E-state index >= 15 is 0 Å². The number of fused-ring (bicyclic) bond motifs is 1. The van der Waals surface area contributed by atoms with Gasteiger partial charge in [0.25, 0.3) is 0 Å². The van der Waals surface area contributed by atoms with Crippen molar-refractivity contribution in [1.82, 2.24) is 14.8 Å². The standard InChI is InChI=1S/C13H22N4/c1-9-7-11(14)8-17-13(9)15-12(16-17)10-5-3-2-4-6-10/h9-11H,2-8,14H2,1H3. The van der Waals surface area contributed by atoms with Crippen molar-refractivity contribution in [2.24, 2.45) is 5.73 Å². The van der Waals surface area contributed by atoms with Gasteiger partial charge in [-0.05, 0) is 19.3 Å². The van der Waals surface area contributed by atoms with E-state index in [2.05, 4.69) is 11.6 Å². The van der Waals surface area contributed by atoms with Crippen LogP contribution in [0.2, 0.25) is 0 Å². The Hall–Kier alpha value is -0.900. The van der Waals surface area contributed by atoms with E-state index in [9.17, 15) is 0 Å². The summed E-state index contributed by atoms with van der Waals surface area (Å²) < 4.78 is 2.06. The molecule has 1 aliphatic carbocycles. The zero-order valence-corrected chi connectivity index (χ0v) is 10.6. The fourth-order valence-corrected chi connectivity index (χ4v) is 3.26. The summed E-state index contributed by atoms with van der Waals surface area (Å²) in [5.74, 6) is 3.31. The van der Waals surface area contributed by atoms with Crippen molar-refractivity contribution in [2.75, 3.05) is 0 Å². The largest absolute Gasteiger partial charge is 0.326 e. The SMILES string of the molecule is CC1CC(N)Cn2nc(C3CCCCC3)nc21. The fraction of sp³-hybridized carbons (Fsp3) is 0.846. The summed E-state index contributed by atoms with van der Waals surface area (Å²) in [6, 6.07) is 0.249. The number of hydrogen-bond acceptors (Lipinski definition) is 3. The third kappa shape index (κ3) is 2.10. The normalized spacial score (nSPS) is 30.2. The van der Waals surface area contributed by atoms with E-state index in [4.69, 9.17) is 15.8 Å². The Morgan fingerprint density at radius 3 is 2.76 bits per heavy atom. The van der Waals surface area contributed by atoms with Crippen LogP contribution in [0, 0.1) is 0 Å². The van der Waals surface area contributed by atoms with Crippen molar-refractivity contribution in [1.29, 1.82) is 0 Å². The molecule has 1 aliphatic heterocycles. The lowest BCUT2D eigenvalue weighted by atomic mass is 9.89. The van der Waals surface area contributed by atoms with Crippen LogP contribution in [-0.2, 0) is 6.54 Å². The van der Waals surface area contributed by atoms with Crippen LogP contribution < -0.4 is 5.73 Å². The molecule has 0 aromatic carbocycles. The number of nitrogens with zero attached hydrogens (tertiary/aromatic N) is 3. The summed E-state index contributed by atoms with van der Waals surface area (Å²) >= 11 is 0. The molecule has 3 rings (SSSR count). The van der Waals surface area contributed by atoms with E-state index in [1.165, 1.54) is 32.1 Å². The van der Waals surface area contributed by atoms with Crippen LogP contribution in [0.25, 0.3) is 0 Å². The molecule has 1 aromatic rings. The van der Waals surface area contributed by atoms with E-state index in [1.54, 1.807) is 0 Å². The Labute approximate surface area is 103 Å². The van der Waals surface area contributed by atoms with Crippen molar-refractivity contribution in [3.05, 3.63) is 11.6 Å². The molecule has 1 saturated carbocycles. The highest BCUT2D eigenvalue weighted by Crippen LogP contribution is 2.33. The van der Waals surface area contributed by atoms with Crippen LogP contribution in [0.15, 0.2) is 0 Å². The van der Waals surface area contributed by atoms with Crippen molar-refractivity contribution in [2.45, 2.75) is 69.9 Å². The molecule has 2 N–H and O–H groups in total. The molecule has 94 valence electrons. The second-order valence-corrected chi connectivity index (χ2v) is 5.74. The zero-order valence-electron chi connectivity index (χ0n) is 10.6. The smallest absolute Gasteiger partial charge is 0.154 e. The molecule has 1 aromatic heterocycles. The van der Waals surface area contributed by atoms with Crippen LogP contribution in [-0.4, -0.2) is 20.8 Å². The first-order valence-electron chi connectivity index (χ1n) is 6.94. The lowest BCUT2D eigenvalue weighted by Gasteiger charge is -2.23. The molecular formula is C13H22N4. The zero-order chi connectivity index (χ0) is 11.8. The van der Waals surface area contributed by atoms with Gasteiger partial charge in [0.05, 0.1) is 6.54 Å². The maximum absolute atomic E-state index is 6.04. The van der Waals surface area contributed by atoms with E-state index in [0.29, 0.717) is 11.8 Å². The molecule has 2 unspecified atom stereocenters. The van der Waals surface area contributed by atoms with Gasteiger partial charge in [0.15, 0.2) is 5.82 Å². The molecular weight excluding hydrogens is 212 g/mol. The minimum atomic E-state index is 0.249. The second kappa shape index (κ2) is 4.41. The summed E-state index contributed by atoms with van der Waals surface area (Å²) in [6.07, 6.45) is 7.63. The highest BCUT2D eigenvalue weighted by atomic mass is 15.4. The van der Waals surface area contributed by atoms with Gasteiger partial charge in [0.1, 0.15) is 5.82 Å². The Kier molecular flexibility index (Phi) is 2.90. The molecule has 2 aliphatic rings. The maximum atomic E-state index is 6.04. The van der Waals surface area contributed by atoms with Gasteiger partial charge < -0.3 is 5.73 Å². The van der Waals surface area contributed by atoms with Gasteiger partial charge in [0.2, 0.25) is 0 Å². The average Bonchev–Trinajstić information content (AvgIpc) is 2.74. The van der Waals surface area contributed by atoms with Crippen molar-refractivity contribution < 1.29 is 0 Å². The Bertz CT molecular complexity index is 392. The van der Waals surface area contributed by atoms with Gasteiger partial charge in [-0.1, -0.05) is 26.2 Å². The third-order valence-electron chi connectivity index (χ3n) is 4.19. The van der Waals surface area contributed by atoms with Gasteiger partial charge in [-0.3, -0.25) is 0 Å². The number of rotatable bonds is 1. The Morgan fingerprint density at radius 1 is 1.24 bits per heavy atom. The maximum Gasteiger partial charge on any atom is 0.154 e. The molecule has 0 bridgehead atoms. The topological polar surface area (TPSA) is 56.7 Å². The molecule has 2 heterocycles. The summed E-state index contributed by atoms with van der Waals surface area (Å²) in [6.45, 7) is 3.06. The predicted octanol–water partition coefficient (Wildman–Crippen LogP) is 2.16. The van der Waals surface area contributed by atoms with Gasteiger partial charge in [-0.2, -0.15) is 5.10 Å². The summed E-state index contributed by atoms with van der Waals surface area (Å²) in [5.41, 5.74) is 6.04. The quantitative estimate of drug-likeness (QED) is 0.810. The fourth-order valence-electron chi connectivity index (χ4n) is 3.26. The number of hydrogen-bond donors (Lipinski definition) is 1. The minimum Gasteiger partial charge on any atom is -0.326 e. The highest BCUT2D eigenvalue weighted by molar-refractivity contribution is 5.07. The Morgan fingerprint density at radius 2 is 2.00 bits per heavy atom. The van der Waals surface area contributed by atoms with Crippen LogP contribution in [0.1, 0.15) is 68.9 Å². The minimum absolute atomic E-state index is 0.249. The summed E-state index contributed by atoms with van der Waals surface area (Å²) in [7, 11) is 0. The number of aromatic nitrogens is 3. The second-order valence-electron chi connectivity index (χ2n) is 5.74. The van der Waals surface area contributed by atoms with Crippen LogP contribution >= 0.6 is 0 Å². The first-order valence-corrected chi connectivity index (χ1v) is 6.94.